The topological polar surface area (TPSA) is 88.2 Å². The molecule has 20 heavy (non-hydrogen) atoms. The van der Waals surface area contributed by atoms with E-state index in [1.54, 1.807) is 31.4 Å². The van der Waals surface area contributed by atoms with E-state index >= 15 is 0 Å². The molecular weight excluding hydrogens is 346 g/mol. The van der Waals surface area contributed by atoms with Crippen LogP contribution in [0.1, 0.15) is 10.4 Å². The summed E-state index contributed by atoms with van der Waals surface area (Å²) in [6, 6.07) is 8.90. The number of carbonyl (C=O) groups excluding carboxylic acids is 1. The lowest BCUT2D eigenvalue weighted by atomic mass is 10.0. The van der Waals surface area contributed by atoms with Crippen molar-refractivity contribution in [2.75, 3.05) is 7.11 Å². The first-order chi connectivity index (χ1) is 9.04. The lowest BCUT2D eigenvalue weighted by Crippen LogP contribution is -2.35. The average Bonchev–Trinajstić information content (AvgIpc) is 2.38. The van der Waals surface area contributed by atoms with E-state index in [1.165, 1.54) is 0 Å². The molecule has 1 amide bonds. The van der Waals surface area contributed by atoms with Crippen LogP contribution in [-0.2, 0) is 0 Å². The van der Waals surface area contributed by atoms with E-state index < -0.39 is 5.91 Å². The zero-order chi connectivity index (χ0) is 14.0. The zero-order valence-electron chi connectivity index (χ0n) is 10.6. The summed E-state index contributed by atoms with van der Waals surface area (Å²) in [4.78, 5) is 12.0. The van der Waals surface area contributed by atoms with Crippen LogP contribution in [0.15, 0.2) is 34.8 Å². The minimum Gasteiger partial charge on any atom is -0.496 e. The Balaban J connectivity index is 0.00000200. The van der Waals surface area contributed by atoms with Crippen molar-refractivity contribution in [1.82, 2.24) is 5.32 Å². The predicted octanol–water partition coefficient (Wildman–Crippen LogP) is 2.66. The summed E-state index contributed by atoms with van der Waals surface area (Å²) in [5.41, 5.74) is 5.63. The molecule has 5 nitrogen and oxygen atoms in total. The third kappa shape index (κ3) is 3.02. The van der Waals surface area contributed by atoms with E-state index in [9.17, 15) is 4.79 Å². The number of fused-ring (bicyclic) bond motifs is 1. The van der Waals surface area contributed by atoms with Crippen molar-refractivity contribution < 1.29 is 9.53 Å². The summed E-state index contributed by atoms with van der Waals surface area (Å²) >= 11 is 3.45. The Morgan fingerprint density at radius 2 is 2.00 bits per heavy atom. The number of amides is 1. The number of nitrogens with two attached hydrogens (primary N) is 1. The van der Waals surface area contributed by atoms with Crippen LogP contribution in [0.3, 0.4) is 0 Å². The second kappa shape index (κ2) is 6.58. The number of halogens is 2. The van der Waals surface area contributed by atoms with Gasteiger partial charge in [-0.2, -0.15) is 0 Å². The molecule has 0 aromatic heterocycles. The number of carbonyl (C=O) groups is 1. The van der Waals surface area contributed by atoms with Crippen molar-refractivity contribution in [1.29, 1.82) is 5.41 Å². The van der Waals surface area contributed by atoms with Crippen molar-refractivity contribution in [3.05, 3.63) is 40.4 Å². The third-order valence-corrected chi connectivity index (χ3v) is 3.49. The van der Waals surface area contributed by atoms with Crippen LogP contribution in [0, 0.1) is 5.41 Å². The number of guanidine groups is 1. The van der Waals surface area contributed by atoms with Crippen molar-refractivity contribution in [2.24, 2.45) is 5.73 Å². The third-order valence-electron chi connectivity index (χ3n) is 2.67. The minimum absolute atomic E-state index is 0. The van der Waals surface area contributed by atoms with Crippen LogP contribution in [-0.4, -0.2) is 19.0 Å². The maximum Gasteiger partial charge on any atom is 0.258 e. The number of hydrogen-bond acceptors (Lipinski definition) is 3. The quantitative estimate of drug-likeness (QED) is 0.569. The molecule has 0 saturated heterocycles. The van der Waals surface area contributed by atoms with Gasteiger partial charge in [0.25, 0.3) is 5.91 Å². The molecule has 0 bridgehead atoms. The van der Waals surface area contributed by atoms with Gasteiger partial charge in [0.05, 0.1) is 11.6 Å². The van der Waals surface area contributed by atoms with Gasteiger partial charge in [0.1, 0.15) is 5.75 Å². The molecular formula is C13H13BrClN3O2. The molecule has 7 heteroatoms. The molecule has 106 valence electrons. The average molecular weight is 359 g/mol. The molecule has 0 aliphatic heterocycles. The lowest BCUT2D eigenvalue weighted by molar-refractivity contribution is 0.0978. The number of nitrogens with one attached hydrogen (secondary N) is 2. The maximum absolute atomic E-state index is 12.0. The molecule has 0 unspecified atom stereocenters. The van der Waals surface area contributed by atoms with Gasteiger partial charge in [-0.05, 0) is 39.5 Å². The normalized spacial score (nSPS) is 9.70. The molecule has 2 aromatic carbocycles. The van der Waals surface area contributed by atoms with E-state index in [-0.39, 0.29) is 18.4 Å². The Labute approximate surface area is 130 Å². The molecule has 4 N–H and O–H groups in total. The monoisotopic (exact) mass is 357 g/mol. The Morgan fingerprint density at radius 1 is 1.30 bits per heavy atom. The zero-order valence-corrected chi connectivity index (χ0v) is 13.0. The number of methoxy groups -OCH3 is 1. The lowest BCUT2D eigenvalue weighted by Gasteiger charge is -2.10. The molecule has 0 saturated carbocycles. The number of benzene rings is 2. The second-order valence-electron chi connectivity index (χ2n) is 3.85. The molecule has 0 spiro atoms. The van der Waals surface area contributed by atoms with Gasteiger partial charge in [0.15, 0.2) is 5.96 Å². The fraction of sp³-hybridized carbons (Fsp3) is 0.0769. The van der Waals surface area contributed by atoms with Crippen LogP contribution >= 0.6 is 28.3 Å². The van der Waals surface area contributed by atoms with Gasteiger partial charge in [-0.15, -0.1) is 12.4 Å². The smallest absolute Gasteiger partial charge is 0.258 e. The van der Waals surface area contributed by atoms with Gasteiger partial charge in [-0.1, -0.05) is 12.1 Å². The Morgan fingerprint density at radius 3 is 2.60 bits per heavy atom. The van der Waals surface area contributed by atoms with Crippen molar-refractivity contribution >= 4 is 51.0 Å². The number of ether oxygens (including phenoxy) is 1. The largest absolute Gasteiger partial charge is 0.496 e. The summed E-state index contributed by atoms with van der Waals surface area (Å²) in [6.45, 7) is 0. The summed E-state index contributed by atoms with van der Waals surface area (Å²) in [7, 11) is 1.58. The summed E-state index contributed by atoms with van der Waals surface area (Å²) in [6.07, 6.45) is 0. The van der Waals surface area contributed by atoms with Crippen LogP contribution in [0.2, 0.25) is 0 Å². The van der Waals surface area contributed by atoms with Crippen LogP contribution in [0.25, 0.3) is 10.8 Å². The standard InChI is InChI=1S/C13H12BrN3O2.ClH/c1-19-10-6-5-7-8(11(10)14)3-2-4-9(7)12(18)17-13(15)16;/h2-6H,1H3,(H4,15,16,17,18);1H. The van der Waals surface area contributed by atoms with E-state index in [0.29, 0.717) is 11.3 Å². The first-order valence-corrected chi connectivity index (χ1v) is 6.24. The van der Waals surface area contributed by atoms with Gasteiger partial charge < -0.3 is 10.5 Å². The summed E-state index contributed by atoms with van der Waals surface area (Å²) in [5.74, 6) is -0.0960. The Hall–Kier alpha value is -1.79. The molecule has 0 fully saturated rings. The Bertz CT molecular complexity index is 676. The molecule has 0 aliphatic carbocycles. The fourth-order valence-electron chi connectivity index (χ4n) is 1.85. The fourth-order valence-corrected chi connectivity index (χ4v) is 2.49. The molecule has 2 aromatic rings. The Kier molecular flexibility index (Phi) is 5.35. The molecule has 0 heterocycles. The van der Waals surface area contributed by atoms with Gasteiger partial charge in [0.2, 0.25) is 0 Å². The number of rotatable bonds is 2. The van der Waals surface area contributed by atoms with Crippen molar-refractivity contribution in [3.8, 4) is 5.75 Å². The van der Waals surface area contributed by atoms with Crippen LogP contribution in [0.5, 0.6) is 5.75 Å². The van der Waals surface area contributed by atoms with Crippen molar-refractivity contribution in [2.45, 2.75) is 0 Å². The minimum atomic E-state index is -0.407. The maximum atomic E-state index is 12.0. The van der Waals surface area contributed by atoms with E-state index in [0.717, 1.165) is 15.2 Å². The predicted molar refractivity (Wildman–Crippen MR) is 84.8 cm³/mol. The van der Waals surface area contributed by atoms with Crippen LogP contribution < -0.4 is 15.8 Å². The van der Waals surface area contributed by atoms with Crippen molar-refractivity contribution in [3.63, 3.8) is 0 Å². The molecule has 0 radical (unpaired) electrons. The highest BCUT2D eigenvalue weighted by molar-refractivity contribution is 9.10. The SMILES string of the molecule is COc1ccc2c(C(=O)NC(=N)N)cccc2c1Br.Cl. The highest BCUT2D eigenvalue weighted by Crippen LogP contribution is 2.34. The van der Waals surface area contributed by atoms with Crippen LogP contribution in [0.4, 0.5) is 0 Å². The molecule has 2 rings (SSSR count). The summed E-state index contributed by atoms with van der Waals surface area (Å²) in [5, 5.41) is 11.0. The van der Waals surface area contributed by atoms with Gasteiger partial charge in [-0.25, -0.2) is 0 Å². The van der Waals surface area contributed by atoms with Gasteiger partial charge in [-0.3, -0.25) is 15.5 Å². The first kappa shape index (κ1) is 16.3. The number of hydrogen-bond donors (Lipinski definition) is 3. The summed E-state index contributed by atoms with van der Waals surface area (Å²) < 4.78 is 6.00. The first-order valence-electron chi connectivity index (χ1n) is 5.45. The highest BCUT2D eigenvalue weighted by Gasteiger charge is 2.13. The van der Waals surface area contributed by atoms with E-state index in [4.69, 9.17) is 15.9 Å². The van der Waals surface area contributed by atoms with E-state index in [1.807, 2.05) is 6.07 Å². The second-order valence-corrected chi connectivity index (χ2v) is 4.64. The molecule has 0 aliphatic rings. The van der Waals surface area contributed by atoms with Gasteiger partial charge in [0, 0.05) is 10.9 Å². The van der Waals surface area contributed by atoms with Gasteiger partial charge >= 0.3 is 0 Å². The van der Waals surface area contributed by atoms with E-state index in [2.05, 4.69) is 21.2 Å². The highest BCUT2D eigenvalue weighted by atomic mass is 79.9. The molecule has 0 atom stereocenters.